The smallest absolute Gasteiger partial charge is 0.321 e. The zero-order chi connectivity index (χ0) is 25.2. The Morgan fingerprint density at radius 3 is 1.48 bits per heavy atom. The summed E-state index contributed by atoms with van der Waals surface area (Å²) < 4.78 is 32.1. The molecule has 33 heavy (non-hydrogen) atoms. The second kappa shape index (κ2) is 25.9. The maximum Gasteiger partial charge on any atom is 0.321 e. The van der Waals surface area contributed by atoms with Crippen molar-refractivity contribution in [1.29, 1.82) is 0 Å². The zero-order valence-electron chi connectivity index (χ0n) is 20.8. The highest BCUT2D eigenvalue weighted by atomic mass is 32.2. The molecular weight excluding hydrogens is 448 g/mol. The average molecular weight is 499 g/mol. The van der Waals surface area contributed by atoms with Gasteiger partial charge in [-0.05, 0) is 6.42 Å². The number of hydrogen-bond acceptors (Lipinski definition) is 6. The second-order valence-corrected chi connectivity index (χ2v) is 10.1. The van der Waals surface area contributed by atoms with Crippen LogP contribution in [0.2, 0.25) is 0 Å². The molecule has 0 radical (unpaired) electrons. The predicted molar refractivity (Wildman–Crippen MR) is 132 cm³/mol. The molecule has 0 bridgehead atoms. The van der Waals surface area contributed by atoms with Crippen LogP contribution in [0.3, 0.4) is 0 Å². The summed E-state index contributed by atoms with van der Waals surface area (Å²) >= 11 is 0. The number of rotatable bonds is 23. The molecule has 0 spiro atoms. The van der Waals surface area contributed by atoms with Gasteiger partial charge >= 0.3 is 5.97 Å². The van der Waals surface area contributed by atoms with E-state index < -0.39 is 21.8 Å². The summed E-state index contributed by atoms with van der Waals surface area (Å²) in [6.45, 7) is 3.00. The van der Waals surface area contributed by atoms with Crippen LogP contribution in [0.25, 0.3) is 0 Å². The van der Waals surface area contributed by atoms with Gasteiger partial charge in [-0.1, -0.05) is 110 Å². The van der Waals surface area contributed by atoms with Crippen molar-refractivity contribution in [1.82, 2.24) is 0 Å². The fourth-order valence-corrected chi connectivity index (χ4v) is 3.76. The molecule has 0 saturated carbocycles. The molecule has 0 saturated heterocycles. The molecule has 0 aliphatic rings. The Kier molecular flexibility index (Phi) is 27.0. The molecule has 0 heterocycles. The summed E-state index contributed by atoms with van der Waals surface area (Å²) in [6.07, 6.45) is 22.4. The first-order valence-electron chi connectivity index (χ1n) is 12.8. The summed E-state index contributed by atoms with van der Waals surface area (Å²) in [5.41, 5.74) is 0. The third kappa shape index (κ3) is 36.0. The van der Waals surface area contributed by atoms with Crippen LogP contribution in [0.4, 0.5) is 0 Å². The molecule has 0 rings (SSSR count). The lowest BCUT2D eigenvalue weighted by molar-refractivity contribution is -0.134. The highest BCUT2D eigenvalue weighted by Crippen LogP contribution is 2.14. The van der Waals surface area contributed by atoms with Gasteiger partial charge in [-0.25, -0.2) is 0 Å². The van der Waals surface area contributed by atoms with E-state index in [0.717, 1.165) is 12.8 Å². The van der Waals surface area contributed by atoms with Crippen molar-refractivity contribution < 1.29 is 37.8 Å². The summed E-state index contributed by atoms with van der Waals surface area (Å²) in [7, 11) is -4.32. The predicted octanol–water partition coefficient (Wildman–Crippen LogP) is 4.97. The highest BCUT2D eigenvalue weighted by molar-refractivity contribution is 7.86. The third-order valence-electron chi connectivity index (χ3n) is 5.24. The largest absolute Gasteiger partial charge is 0.480 e. The summed E-state index contributed by atoms with van der Waals surface area (Å²) in [5, 5.41) is 26.0. The van der Waals surface area contributed by atoms with Gasteiger partial charge in [0.25, 0.3) is 10.1 Å². The second-order valence-electron chi connectivity index (χ2n) is 8.66. The third-order valence-corrected chi connectivity index (χ3v) is 5.85. The number of unbranched alkanes of at least 4 members (excludes halogenated alkanes) is 15. The van der Waals surface area contributed by atoms with Crippen molar-refractivity contribution in [2.45, 2.75) is 122 Å². The number of carboxylic acid groups (broad SMARTS) is 1. The van der Waals surface area contributed by atoms with Gasteiger partial charge in [-0.15, -0.1) is 0 Å². The number of aliphatic hydroxyl groups excluding tert-OH is 2. The van der Waals surface area contributed by atoms with Gasteiger partial charge in [0.15, 0.2) is 5.75 Å². The van der Waals surface area contributed by atoms with Crippen LogP contribution in [-0.2, 0) is 19.6 Å². The van der Waals surface area contributed by atoms with E-state index in [1.165, 1.54) is 96.3 Å². The van der Waals surface area contributed by atoms with Gasteiger partial charge < -0.3 is 20.1 Å². The molecule has 4 N–H and O–H groups in total. The normalized spacial score (nSPS) is 12.2. The molecule has 0 aromatic carbocycles. The van der Waals surface area contributed by atoms with Crippen molar-refractivity contribution in [3.63, 3.8) is 0 Å². The summed E-state index contributed by atoms with van der Waals surface area (Å²) in [6, 6.07) is 0. The molecule has 200 valence electrons. The fraction of sp³-hybridized carbons (Fsp3) is 0.958. The summed E-state index contributed by atoms with van der Waals surface area (Å²) in [4.78, 5) is 9.48. The molecule has 0 aliphatic heterocycles. The Hall–Kier alpha value is -0.740. The van der Waals surface area contributed by atoms with E-state index in [4.69, 9.17) is 19.5 Å². The van der Waals surface area contributed by atoms with E-state index in [2.05, 4.69) is 6.92 Å². The molecule has 0 fully saturated rings. The molecule has 0 amide bonds. The first-order valence-corrected chi connectivity index (χ1v) is 14.4. The minimum Gasteiger partial charge on any atom is -0.480 e. The number of aliphatic hydroxyl groups is 2. The van der Waals surface area contributed by atoms with Crippen LogP contribution < -0.4 is 0 Å². The maximum atomic E-state index is 9.68. The van der Waals surface area contributed by atoms with Crippen LogP contribution in [0.5, 0.6) is 0 Å². The molecule has 0 aromatic rings. The fourth-order valence-electron chi connectivity index (χ4n) is 3.45. The van der Waals surface area contributed by atoms with Gasteiger partial charge in [0.05, 0.1) is 25.9 Å². The molecular formula is C24H50O8S. The number of aliphatic carboxylic acids is 1. The molecule has 0 aliphatic carbocycles. The van der Waals surface area contributed by atoms with Crippen LogP contribution in [0.15, 0.2) is 0 Å². The first-order chi connectivity index (χ1) is 15.7. The van der Waals surface area contributed by atoms with E-state index in [1.54, 1.807) is 0 Å². The Morgan fingerprint density at radius 1 is 0.788 bits per heavy atom. The minimum atomic E-state index is -4.32. The van der Waals surface area contributed by atoms with Crippen molar-refractivity contribution in [3.05, 3.63) is 0 Å². The van der Waals surface area contributed by atoms with E-state index in [9.17, 15) is 18.3 Å². The number of carbonyl (C=O) groups is 1. The molecule has 1 atom stereocenters. The van der Waals surface area contributed by atoms with E-state index in [0.29, 0.717) is 13.2 Å². The standard InChI is InChI=1S/C22H46O3.C2H4O5S/c1-2-3-4-5-6-7-8-9-10-11-12-13-14-15-16-17-18-22(24)21-25-20-19-23;3-2(4)1-8(5,6)7/h22-24H,2-21H2,1H3;1H2,(H,3,4)(H,5,6,7). The Morgan fingerprint density at radius 2 is 1.18 bits per heavy atom. The van der Waals surface area contributed by atoms with Gasteiger partial charge in [-0.3, -0.25) is 9.35 Å². The van der Waals surface area contributed by atoms with E-state index in [-0.39, 0.29) is 12.7 Å². The van der Waals surface area contributed by atoms with Gasteiger partial charge in [0.1, 0.15) is 0 Å². The average Bonchev–Trinajstić information content (AvgIpc) is 2.72. The van der Waals surface area contributed by atoms with Crippen LogP contribution in [0, 0.1) is 0 Å². The SMILES string of the molecule is CCCCCCCCCCCCCCCCCCC(O)COCCO.O=C(O)CS(=O)(=O)O. The Balaban J connectivity index is 0. The zero-order valence-corrected chi connectivity index (χ0v) is 21.6. The van der Waals surface area contributed by atoms with Crippen LogP contribution >= 0.6 is 0 Å². The van der Waals surface area contributed by atoms with Crippen molar-refractivity contribution in [2.75, 3.05) is 25.6 Å². The monoisotopic (exact) mass is 498 g/mol. The van der Waals surface area contributed by atoms with E-state index in [1.807, 2.05) is 0 Å². The minimum absolute atomic E-state index is 0.0335. The van der Waals surface area contributed by atoms with Crippen LogP contribution in [-0.4, -0.2) is 65.9 Å². The first kappa shape index (κ1) is 34.4. The van der Waals surface area contributed by atoms with Gasteiger partial charge in [0, 0.05) is 0 Å². The van der Waals surface area contributed by atoms with Crippen molar-refractivity contribution in [2.24, 2.45) is 0 Å². The molecule has 1 unspecified atom stereocenters. The maximum absolute atomic E-state index is 9.68. The van der Waals surface area contributed by atoms with Crippen LogP contribution in [0.1, 0.15) is 116 Å². The highest BCUT2D eigenvalue weighted by Gasteiger charge is 2.09. The lowest BCUT2D eigenvalue weighted by Gasteiger charge is -2.10. The lowest BCUT2D eigenvalue weighted by Crippen LogP contribution is -2.16. The quantitative estimate of drug-likeness (QED) is 0.114. The Labute approximate surface area is 201 Å². The molecule has 9 heteroatoms. The number of ether oxygens (including phenoxy) is 1. The van der Waals surface area contributed by atoms with Gasteiger partial charge in [0.2, 0.25) is 0 Å². The Bertz CT molecular complexity index is 511. The lowest BCUT2D eigenvalue weighted by atomic mass is 10.0. The summed E-state index contributed by atoms with van der Waals surface area (Å²) in [5.74, 6) is -2.79. The number of carboxylic acids is 1. The van der Waals surface area contributed by atoms with Crippen molar-refractivity contribution >= 4 is 16.1 Å². The topological polar surface area (TPSA) is 141 Å². The van der Waals surface area contributed by atoms with Gasteiger partial charge in [-0.2, -0.15) is 8.42 Å². The molecule has 0 aromatic heterocycles. The van der Waals surface area contributed by atoms with Crippen molar-refractivity contribution in [3.8, 4) is 0 Å². The number of hydrogen-bond donors (Lipinski definition) is 4. The van der Waals surface area contributed by atoms with E-state index >= 15 is 0 Å². The molecule has 8 nitrogen and oxygen atoms in total.